The molecule has 30 heavy (non-hydrogen) atoms. The van der Waals surface area contributed by atoms with Gasteiger partial charge in [-0.3, -0.25) is 4.72 Å². The molecule has 7 nitrogen and oxygen atoms in total. The molecule has 0 aliphatic rings. The normalized spacial score (nSPS) is 13.2. The highest BCUT2D eigenvalue weighted by atomic mass is 32.2. The van der Waals surface area contributed by atoms with Crippen LogP contribution in [-0.2, 0) is 16.4 Å². The SMILES string of the molecule is Cc1oc(N/[SH](=O)=N\C(=O)Nc2c(C(C)C)cc(F)cc2C(C)C)cc1C(C)(C)O. The highest BCUT2D eigenvalue weighted by Gasteiger charge is 2.23. The summed E-state index contributed by atoms with van der Waals surface area (Å²) >= 11 is 0. The standard InChI is InChI=1S/C21H30FN3O4S/c1-11(2)15-8-14(22)9-16(12(3)4)19(15)23-20(26)25-30(28)24-18-10-17(13(5)29-18)21(6,7)27/h8-12,27,30H,1-7H3,(H2,23,24,25,26,28). The highest BCUT2D eigenvalue weighted by Crippen LogP contribution is 2.34. The quantitative estimate of drug-likeness (QED) is 0.451. The first kappa shape index (κ1) is 23.9. The number of urea groups is 1. The van der Waals surface area contributed by atoms with Crippen molar-refractivity contribution in [2.24, 2.45) is 4.36 Å². The van der Waals surface area contributed by atoms with Gasteiger partial charge in [0.2, 0.25) is 5.88 Å². The van der Waals surface area contributed by atoms with Crippen molar-refractivity contribution in [3.8, 4) is 0 Å². The summed E-state index contributed by atoms with van der Waals surface area (Å²) in [6, 6.07) is 3.47. The van der Waals surface area contributed by atoms with Crippen molar-refractivity contribution < 1.29 is 22.9 Å². The molecule has 2 rings (SSSR count). The number of halogens is 1. The Morgan fingerprint density at radius 2 is 1.70 bits per heavy atom. The molecule has 1 aromatic heterocycles. The topological polar surface area (TPSA) is 104 Å². The summed E-state index contributed by atoms with van der Waals surface area (Å²) < 4.78 is 37.9. The molecule has 0 spiro atoms. The van der Waals surface area contributed by atoms with Gasteiger partial charge in [-0.1, -0.05) is 27.7 Å². The van der Waals surface area contributed by atoms with Gasteiger partial charge in [-0.15, -0.1) is 4.36 Å². The highest BCUT2D eigenvalue weighted by molar-refractivity contribution is 7.76. The Morgan fingerprint density at radius 3 is 2.13 bits per heavy atom. The predicted octanol–water partition coefficient (Wildman–Crippen LogP) is 5.42. The average Bonchev–Trinajstić information content (AvgIpc) is 2.95. The number of carbonyl (C=O) groups excluding carboxylic acids is 1. The zero-order chi connectivity index (χ0) is 22.8. The molecule has 1 heterocycles. The number of furan rings is 1. The smallest absolute Gasteiger partial charge is 0.354 e. The fraction of sp³-hybridized carbons (Fsp3) is 0.476. The maximum atomic E-state index is 14.0. The number of aryl methyl sites for hydroxylation is 1. The van der Waals surface area contributed by atoms with E-state index >= 15 is 0 Å². The molecule has 1 unspecified atom stereocenters. The van der Waals surface area contributed by atoms with Crippen LogP contribution in [0.15, 0.2) is 27.0 Å². The van der Waals surface area contributed by atoms with Gasteiger partial charge in [0.25, 0.3) is 0 Å². The van der Waals surface area contributed by atoms with E-state index in [2.05, 4.69) is 14.4 Å². The molecule has 0 saturated heterocycles. The number of aliphatic hydroxyl groups is 1. The van der Waals surface area contributed by atoms with Crippen molar-refractivity contribution in [3.63, 3.8) is 0 Å². The first-order valence-corrected chi connectivity index (χ1v) is 10.9. The van der Waals surface area contributed by atoms with Crippen molar-refractivity contribution in [2.45, 2.75) is 65.9 Å². The van der Waals surface area contributed by atoms with E-state index in [-0.39, 0.29) is 23.5 Å². The average molecular weight is 440 g/mol. The van der Waals surface area contributed by atoms with Gasteiger partial charge in [-0.25, -0.2) is 13.4 Å². The van der Waals surface area contributed by atoms with E-state index in [1.54, 1.807) is 20.8 Å². The maximum absolute atomic E-state index is 14.0. The molecule has 0 fully saturated rings. The van der Waals surface area contributed by atoms with Gasteiger partial charge in [-0.2, -0.15) is 0 Å². The molecule has 0 radical (unpaired) electrons. The molecule has 166 valence electrons. The monoisotopic (exact) mass is 439 g/mol. The van der Waals surface area contributed by atoms with Crippen LogP contribution in [0.25, 0.3) is 0 Å². The van der Waals surface area contributed by atoms with Crippen molar-refractivity contribution in [1.29, 1.82) is 0 Å². The van der Waals surface area contributed by atoms with E-state index in [0.29, 0.717) is 28.1 Å². The number of hydrogen-bond acceptors (Lipinski definition) is 4. The molecule has 0 aliphatic heterocycles. The number of amides is 2. The second kappa shape index (κ2) is 9.18. The lowest BCUT2D eigenvalue weighted by molar-refractivity contribution is 0.0770. The van der Waals surface area contributed by atoms with Crippen LogP contribution in [-0.4, -0.2) is 15.3 Å². The fourth-order valence-electron chi connectivity index (χ4n) is 3.18. The Morgan fingerprint density at radius 1 is 1.17 bits per heavy atom. The zero-order valence-corrected chi connectivity index (χ0v) is 19.2. The summed E-state index contributed by atoms with van der Waals surface area (Å²) in [5.74, 6) is 0.154. The number of nitrogens with zero attached hydrogens (tertiary/aromatic N) is 1. The summed E-state index contributed by atoms with van der Waals surface area (Å²) in [7, 11) is -2.52. The van der Waals surface area contributed by atoms with Crippen LogP contribution >= 0.6 is 0 Å². The number of thiol groups is 1. The number of hydrogen-bond donors (Lipinski definition) is 4. The third-order valence-corrected chi connectivity index (χ3v) is 5.38. The van der Waals surface area contributed by atoms with Crippen LogP contribution in [0.1, 0.15) is 75.8 Å². The fourth-order valence-corrected chi connectivity index (χ4v) is 3.75. The van der Waals surface area contributed by atoms with Crippen LogP contribution in [0.3, 0.4) is 0 Å². The summed E-state index contributed by atoms with van der Waals surface area (Å²) in [4.78, 5) is 12.4. The number of carbonyl (C=O) groups is 1. The third-order valence-electron chi connectivity index (χ3n) is 4.60. The van der Waals surface area contributed by atoms with Gasteiger partial charge in [0.05, 0.1) is 5.60 Å². The van der Waals surface area contributed by atoms with Crippen molar-refractivity contribution >= 4 is 28.4 Å². The molecule has 1 aromatic carbocycles. The number of anilines is 2. The summed E-state index contributed by atoms with van der Waals surface area (Å²) in [5.41, 5.74) is 1.17. The zero-order valence-electron chi connectivity index (χ0n) is 18.3. The number of nitrogens with one attached hydrogen (secondary N) is 2. The van der Waals surface area contributed by atoms with E-state index in [0.717, 1.165) is 0 Å². The van der Waals surface area contributed by atoms with Crippen molar-refractivity contribution in [2.75, 3.05) is 10.0 Å². The van der Waals surface area contributed by atoms with Gasteiger partial charge < -0.3 is 14.8 Å². The summed E-state index contributed by atoms with van der Waals surface area (Å²) in [6.07, 6.45) is 0. The lowest BCUT2D eigenvalue weighted by Crippen LogP contribution is -2.15. The molecule has 3 N–H and O–H groups in total. The molecule has 2 amide bonds. The summed E-state index contributed by atoms with van der Waals surface area (Å²) in [6.45, 7) is 12.5. The molecule has 0 bridgehead atoms. The summed E-state index contributed by atoms with van der Waals surface area (Å²) in [5, 5.41) is 12.8. The largest absolute Gasteiger partial charge is 0.445 e. The molecule has 0 saturated carbocycles. The molecule has 1 atom stereocenters. The minimum Gasteiger partial charge on any atom is -0.445 e. The maximum Gasteiger partial charge on any atom is 0.354 e. The second-order valence-corrected chi connectivity index (χ2v) is 9.29. The lowest BCUT2D eigenvalue weighted by atomic mass is 9.92. The van der Waals surface area contributed by atoms with E-state index < -0.39 is 22.4 Å². The van der Waals surface area contributed by atoms with Crippen LogP contribution < -0.4 is 10.0 Å². The Balaban J connectivity index is 2.27. The van der Waals surface area contributed by atoms with Gasteiger partial charge in [0, 0.05) is 17.3 Å². The Labute approximate surface area is 178 Å². The minimum atomic E-state index is -2.52. The molecule has 2 aromatic rings. The van der Waals surface area contributed by atoms with Crippen molar-refractivity contribution in [3.05, 3.63) is 46.5 Å². The van der Waals surface area contributed by atoms with Crippen molar-refractivity contribution in [1.82, 2.24) is 0 Å². The molecular formula is C21H30FN3O4S. The van der Waals surface area contributed by atoms with Gasteiger partial charge in [0.1, 0.15) is 22.4 Å². The van der Waals surface area contributed by atoms with Crippen LogP contribution in [0.4, 0.5) is 20.8 Å². The lowest BCUT2D eigenvalue weighted by Gasteiger charge is -2.19. The van der Waals surface area contributed by atoms with Crippen LogP contribution in [0.2, 0.25) is 0 Å². The first-order chi connectivity index (χ1) is 13.8. The van der Waals surface area contributed by atoms with Gasteiger partial charge in [0.15, 0.2) is 0 Å². The molecule has 9 heteroatoms. The van der Waals surface area contributed by atoms with Crippen LogP contribution in [0, 0.1) is 12.7 Å². The van der Waals surface area contributed by atoms with E-state index in [1.165, 1.54) is 18.2 Å². The Kier molecular flexibility index (Phi) is 7.31. The van der Waals surface area contributed by atoms with E-state index in [9.17, 15) is 18.5 Å². The van der Waals surface area contributed by atoms with Gasteiger partial charge in [-0.05, 0) is 55.9 Å². The predicted molar refractivity (Wildman–Crippen MR) is 118 cm³/mol. The van der Waals surface area contributed by atoms with E-state index in [4.69, 9.17) is 4.42 Å². The van der Waals surface area contributed by atoms with E-state index in [1.807, 2.05) is 27.7 Å². The number of benzene rings is 1. The Hall–Kier alpha value is -2.39. The third kappa shape index (κ3) is 5.82. The Bertz CT molecular complexity index is 987. The first-order valence-electron chi connectivity index (χ1n) is 9.72. The van der Waals surface area contributed by atoms with Crippen LogP contribution in [0.5, 0.6) is 0 Å². The number of rotatable bonds is 6. The second-order valence-electron chi connectivity index (χ2n) is 8.32. The van der Waals surface area contributed by atoms with Gasteiger partial charge >= 0.3 is 6.03 Å². The molecular weight excluding hydrogens is 409 g/mol. The molecule has 0 aliphatic carbocycles. The minimum absolute atomic E-state index is 0.0354.